The van der Waals surface area contributed by atoms with E-state index >= 15 is 0 Å². The van der Waals surface area contributed by atoms with E-state index in [0.717, 1.165) is 23.9 Å². The first-order valence-corrected chi connectivity index (χ1v) is 11.2. The standard InChI is InChI=1S/C21H20FN3O4S/c22-14-1-3-15(4-2-14)30(27,28)25-11-17-16(18(17)12-25)6-8-24-21(26)19-9-13-5-7-23-10-20(13)29-19/h1-5,7,9-10,16-18H,6,8,11-12H2,(H,24,26). The lowest BCUT2D eigenvalue weighted by Crippen LogP contribution is -2.32. The summed E-state index contributed by atoms with van der Waals surface area (Å²) in [5.74, 6) is 0.566. The summed E-state index contributed by atoms with van der Waals surface area (Å²) in [5.41, 5.74) is 0.571. The zero-order valence-corrected chi connectivity index (χ0v) is 16.8. The number of benzene rings is 1. The second-order valence-electron chi connectivity index (χ2n) is 7.84. The molecule has 0 bridgehead atoms. The van der Waals surface area contributed by atoms with Crippen LogP contribution in [-0.2, 0) is 10.0 Å². The number of carbonyl (C=O) groups is 1. The molecule has 0 radical (unpaired) electrons. The number of aromatic nitrogens is 1. The average molecular weight is 429 g/mol. The minimum atomic E-state index is -3.58. The van der Waals surface area contributed by atoms with Crippen molar-refractivity contribution in [1.82, 2.24) is 14.6 Å². The van der Waals surface area contributed by atoms with Crippen molar-refractivity contribution in [1.29, 1.82) is 0 Å². The molecular weight excluding hydrogens is 409 g/mol. The molecule has 30 heavy (non-hydrogen) atoms. The molecule has 1 aliphatic heterocycles. The highest BCUT2D eigenvalue weighted by Crippen LogP contribution is 2.54. The molecule has 156 valence electrons. The van der Waals surface area contributed by atoms with Crippen LogP contribution in [0.25, 0.3) is 11.0 Å². The van der Waals surface area contributed by atoms with Crippen LogP contribution in [0.2, 0.25) is 0 Å². The van der Waals surface area contributed by atoms with Gasteiger partial charge in [-0.25, -0.2) is 12.8 Å². The molecule has 2 fully saturated rings. The summed E-state index contributed by atoms with van der Waals surface area (Å²) in [6, 6.07) is 8.40. The van der Waals surface area contributed by atoms with Crippen LogP contribution in [0.3, 0.4) is 0 Å². The van der Waals surface area contributed by atoms with Gasteiger partial charge in [0.05, 0.1) is 11.1 Å². The normalized spacial score (nSPS) is 23.4. The second-order valence-corrected chi connectivity index (χ2v) is 9.77. The SMILES string of the molecule is O=C(NCCC1C2CN(S(=O)(=O)c3ccc(F)cc3)CC12)c1cc2ccncc2o1. The van der Waals surface area contributed by atoms with E-state index < -0.39 is 15.8 Å². The first-order valence-electron chi connectivity index (χ1n) is 9.81. The van der Waals surface area contributed by atoms with Crippen molar-refractivity contribution in [3.05, 3.63) is 60.4 Å². The molecule has 1 amide bonds. The number of rotatable bonds is 6. The third kappa shape index (κ3) is 3.37. The molecule has 9 heteroatoms. The Morgan fingerprint density at radius 2 is 1.93 bits per heavy atom. The summed E-state index contributed by atoms with van der Waals surface area (Å²) in [7, 11) is -3.58. The quantitative estimate of drug-likeness (QED) is 0.650. The number of hydrogen-bond acceptors (Lipinski definition) is 5. The van der Waals surface area contributed by atoms with Gasteiger partial charge in [0, 0.05) is 31.2 Å². The molecule has 2 atom stereocenters. The molecule has 5 rings (SSSR count). The summed E-state index contributed by atoms with van der Waals surface area (Å²) < 4.78 is 45.4. The molecule has 2 aromatic heterocycles. The molecule has 1 saturated carbocycles. The van der Waals surface area contributed by atoms with Crippen LogP contribution in [0, 0.1) is 23.6 Å². The zero-order chi connectivity index (χ0) is 20.9. The van der Waals surface area contributed by atoms with Gasteiger partial charge in [0.2, 0.25) is 10.0 Å². The minimum Gasteiger partial charge on any atom is -0.449 e. The summed E-state index contributed by atoms with van der Waals surface area (Å²) >= 11 is 0. The van der Waals surface area contributed by atoms with Crippen LogP contribution in [0.4, 0.5) is 4.39 Å². The number of hydrogen-bond donors (Lipinski definition) is 1. The molecule has 3 aromatic rings. The number of amides is 1. The Balaban J connectivity index is 1.12. The number of nitrogens with one attached hydrogen (secondary N) is 1. The summed E-state index contributed by atoms with van der Waals surface area (Å²) in [5, 5.41) is 3.70. The topological polar surface area (TPSA) is 92.5 Å². The molecule has 2 aliphatic rings. The smallest absolute Gasteiger partial charge is 0.287 e. The largest absolute Gasteiger partial charge is 0.449 e. The number of pyridine rings is 1. The van der Waals surface area contributed by atoms with E-state index in [1.807, 2.05) is 0 Å². The van der Waals surface area contributed by atoms with Crippen LogP contribution in [-0.4, -0.2) is 43.2 Å². The van der Waals surface area contributed by atoms with Gasteiger partial charge >= 0.3 is 0 Å². The Bertz CT molecular complexity index is 1160. The Morgan fingerprint density at radius 1 is 1.20 bits per heavy atom. The predicted octanol–water partition coefficient (Wildman–Crippen LogP) is 2.65. The highest BCUT2D eigenvalue weighted by Gasteiger charge is 2.57. The maximum absolute atomic E-state index is 13.1. The van der Waals surface area contributed by atoms with Gasteiger partial charge in [-0.2, -0.15) is 4.31 Å². The van der Waals surface area contributed by atoms with Crippen molar-refractivity contribution in [3.63, 3.8) is 0 Å². The van der Waals surface area contributed by atoms with Gasteiger partial charge in [0.25, 0.3) is 5.91 Å². The minimum absolute atomic E-state index is 0.120. The van der Waals surface area contributed by atoms with E-state index in [-0.39, 0.29) is 16.6 Å². The van der Waals surface area contributed by atoms with Crippen LogP contribution in [0.1, 0.15) is 17.0 Å². The Morgan fingerprint density at radius 3 is 2.63 bits per heavy atom. The van der Waals surface area contributed by atoms with Gasteiger partial charge in [-0.3, -0.25) is 9.78 Å². The van der Waals surface area contributed by atoms with Crippen LogP contribution < -0.4 is 5.32 Å². The van der Waals surface area contributed by atoms with Gasteiger partial charge in [0.15, 0.2) is 11.3 Å². The third-order valence-electron chi connectivity index (χ3n) is 6.10. The van der Waals surface area contributed by atoms with E-state index in [0.29, 0.717) is 43.0 Å². The number of furan rings is 1. The van der Waals surface area contributed by atoms with E-state index in [9.17, 15) is 17.6 Å². The van der Waals surface area contributed by atoms with Gasteiger partial charge in [-0.1, -0.05) is 0 Å². The van der Waals surface area contributed by atoms with E-state index in [1.165, 1.54) is 16.4 Å². The van der Waals surface area contributed by atoms with Crippen molar-refractivity contribution in [3.8, 4) is 0 Å². The maximum atomic E-state index is 13.1. The van der Waals surface area contributed by atoms with Crippen molar-refractivity contribution in [2.75, 3.05) is 19.6 Å². The molecule has 1 N–H and O–H groups in total. The summed E-state index contributed by atoms with van der Waals surface area (Å²) in [4.78, 5) is 16.4. The van der Waals surface area contributed by atoms with Crippen LogP contribution in [0.15, 0.2) is 58.1 Å². The third-order valence-corrected chi connectivity index (χ3v) is 7.95. The van der Waals surface area contributed by atoms with Gasteiger partial charge < -0.3 is 9.73 Å². The highest BCUT2D eigenvalue weighted by molar-refractivity contribution is 7.89. The molecule has 1 aliphatic carbocycles. The molecule has 3 heterocycles. The number of fused-ring (bicyclic) bond motifs is 2. The van der Waals surface area contributed by atoms with E-state index in [2.05, 4.69) is 10.3 Å². The Labute approximate surface area is 172 Å². The first-order chi connectivity index (χ1) is 14.4. The zero-order valence-electron chi connectivity index (χ0n) is 16.0. The number of carbonyl (C=O) groups excluding carboxylic acids is 1. The van der Waals surface area contributed by atoms with Gasteiger partial charge in [-0.15, -0.1) is 0 Å². The molecule has 1 saturated heterocycles. The number of sulfonamides is 1. The van der Waals surface area contributed by atoms with Crippen molar-refractivity contribution in [2.45, 2.75) is 11.3 Å². The summed E-state index contributed by atoms with van der Waals surface area (Å²) in [6.45, 7) is 1.45. The molecule has 1 aromatic carbocycles. The van der Waals surface area contributed by atoms with Crippen molar-refractivity contribution < 1.29 is 22.0 Å². The second kappa shape index (κ2) is 7.17. The van der Waals surface area contributed by atoms with Crippen LogP contribution >= 0.6 is 0 Å². The maximum Gasteiger partial charge on any atom is 0.287 e. The lowest BCUT2D eigenvalue weighted by Gasteiger charge is -2.19. The lowest BCUT2D eigenvalue weighted by atomic mass is 10.2. The van der Waals surface area contributed by atoms with E-state index in [1.54, 1.807) is 24.5 Å². The molecule has 0 spiro atoms. The lowest BCUT2D eigenvalue weighted by molar-refractivity contribution is 0.0926. The van der Waals surface area contributed by atoms with Crippen molar-refractivity contribution in [2.24, 2.45) is 17.8 Å². The number of nitrogens with zero attached hydrogens (tertiary/aromatic N) is 2. The molecular formula is C21H20FN3O4S. The fraction of sp³-hybridized carbons (Fsp3) is 0.333. The van der Waals surface area contributed by atoms with Gasteiger partial charge in [-0.05, 0) is 60.6 Å². The molecule has 7 nitrogen and oxygen atoms in total. The van der Waals surface area contributed by atoms with E-state index in [4.69, 9.17) is 4.42 Å². The highest BCUT2D eigenvalue weighted by atomic mass is 32.2. The monoisotopic (exact) mass is 429 g/mol. The molecule has 2 unspecified atom stereocenters. The predicted molar refractivity (Wildman–Crippen MR) is 107 cm³/mol. The number of piperidine rings is 1. The number of halogens is 1. The van der Waals surface area contributed by atoms with Crippen molar-refractivity contribution >= 4 is 26.9 Å². The van der Waals surface area contributed by atoms with Crippen LogP contribution in [0.5, 0.6) is 0 Å². The van der Waals surface area contributed by atoms with Gasteiger partial charge in [0.1, 0.15) is 5.82 Å². The summed E-state index contributed by atoms with van der Waals surface area (Å²) in [6.07, 6.45) is 4.02. The fourth-order valence-electron chi connectivity index (χ4n) is 4.43. The Kier molecular flexibility index (Phi) is 4.59. The fourth-order valence-corrected chi connectivity index (χ4v) is 5.94. The Hall–Kier alpha value is -2.78. The average Bonchev–Trinajstić information content (AvgIpc) is 3.11. The first kappa shape index (κ1) is 19.2.